The summed E-state index contributed by atoms with van der Waals surface area (Å²) in [5, 5.41) is 3.36. The first-order valence-corrected chi connectivity index (χ1v) is 8.90. The van der Waals surface area contributed by atoms with Gasteiger partial charge in [-0.1, -0.05) is 12.1 Å². The summed E-state index contributed by atoms with van der Waals surface area (Å²) in [5.74, 6) is 0.762. The highest BCUT2D eigenvalue weighted by molar-refractivity contribution is 5.94. The van der Waals surface area contributed by atoms with Crippen LogP contribution in [0.15, 0.2) is 47.4 Å². The molecule has 1 fully saturated rings. The van der Waals surface area contributed by atoms with Crippen molar-refractivity contribution in [3.63, 3.8) is 0 Å². The quantitative estimate of drug-likeness (QED) is 0.911. The molecule has 0 saturated carbocycles. The minimum absolute atomic E-state index is 0.0541. The Labute approximate surface area is 153 Å². The molecule has 0 radical (unpaired) electrons. The van der Waals surface area contributed by atoms with Gasteiger partial charge in [-0.15, -0.1) is 0 Å². The van der Waals surface area contributed by atoms with Gasteiger partial charge in [0.2, 0.25) is 5.56 Å². The zero-order valence-corrected chi connectivity index (χ0v) is 15.4. The van der Waals surface area contributed by atoms with Crippen LogP contribution in [0.25, 0.3) is 0 Å². The Hall–Kier alpha value is -2.60. The maximum absolute atomic E-state index is 13.0. The molecule has 1 aliphatic heterocycles. The number of rotatable bonds is 4. The fourth-order valence-corrected chi connectivity index (χ4v) is 3.17. The Kier molecular flexibility index (Phi) is 5.42. The van der Waals surface area contributed by atoms with Gasteiger partial charge in [0, 0.05) is 38.9 Å². The average Bonchev–Trinajstić information content (AvgIpc) is 2.63. The Morgan fingerprint density at radius 2 is 1.92 bits per heavy atom. The lowest BCUT2D eigenvalue weighted by molar-refractivity contribution is 0.0633. The number of ether oxygens (including phenoxy) is 1. The van der Waals surface area contributed by atoms with Gasteiger partial charge in [0.15, 0.2) is 0 Å². The van der Waals surface area contributed by atoms with Crippen molar-refractivity contribution in [2.24, 2.45) is 7.05 Å². The molecule has 1 atom stereocenters. The SMILES string of the molecule is CC(C)Oc1ccc(C2CNCCN2C(=O)c2ccc(=O)n(C)c2)cc1. The lowest BCUT2D eigenvalue weighted by Gasteiger charge is -2.36. The summed E-state index contributed by atoms with van der Waals surface area (Å²) in [7, 11) is 1.65. The molecule has 1 N–H and O–H groups in total. The molecule has 0 aliphatic carbocycles. The third-order valence-corrected chi connectivity index (χ3v) is 4.47. The largest absolute Gasteiger partial charge is 0.491 e. The Morgan fingerprint density at radius 1 is 1.19 bits per heavy atom. The van der Waals surface area contributed by atoms with Gasteiger partial charge in [-0.25, -0.2) is 0 Å². The number of pyridine rings is 1. The molecule has 0 bridgehead atoms. The van der Waals surface area contributed by atoms with Crippen molar-refractivity contribution in [3.05, 3.63) is 64.1 Å². The summed E-state index contributed by atoms with van der Waals surface area (Å²) in [6.45, 7) is 6.06. The van der Waals surface area contributed by atoms with Crippen LogP contribution in [-0.2, 0) is 7.05 Å². The molecule has 1 saturated heterocycles. The number of nitrogens with zero attached hydrogens (tertiary/aromatic N) is 2. The van der Waals surface area contributed by atoms with Gasteiger partial charge in [0.05, 0.1) is 17.7 Å². The molecule has 6 nitrogen and oxygen atoms in total. The number of aromatic nitrogens is 1. The summed E-state index contributed by atoms with van der Waals surface area (Å²) < 4.78 is 7.13. The van der Waals surface area contributed by atoms with E-state index in [0.29, 0.717) is 18.7 Å². The molecule has 1 aromatic heterocycles. The number of hydrogen-bond donors (Lipinski definition) is 1. The van der Waals surface area contributed by atoms with Crippen molar-refractivity contribution >= 4 is 5.91 Å². The Balaban J connectivity index is 1.84. The number of amides is 1. The summed E-state index contributed by atoms with van der Waals surface area (Å²) in [6, 6.07) is 10.9. The molecule has 2 heterocycles. The zero-order chi connectivity index (χ0) is 18.7. The molecule has 2 aromatic rings. The van der Waals surface area contributed by atoms with Gasteiger partial charge in [0.25, 0.3) is 5.91 Å². The number of benzene rings is 1. The molecule has 26 heavy (non-hydrogen) atoms. The molecular weight excluding hydrogens is 330 g/mol. The minimum atomic E-state index is -0.126. The number of nitrogens with one attached hydrogen (secondary N) is 1. The molecular formula is C20H25N3O3. The third kappa shape index (κ3) is 3.96. The summed E-state index contributed by atoms with van der Waals surface area (Å²) >= 11 is 0. The summed E-state index contributed by atoms with van der Waals surface area (Å²) in [5.41, 5.74) is 1.46. The van der Waals surface area contributed by atoms with Crippen LogP contribution in [0, 0.1) is 0 Å². The Morgan fingerprint density at radius 3 is 2.58 bits per heavy atom. The van der Waals surface area contributed by atoms with Crippen LogP contribution < -0.4 is 15.6 Å². The number of aryl methyl sites for hydroxylation is 1. The highest BCUT2D eigenvalue weighted by atomic mass is 16.5. The molecule has 0 spiro atoms. The predicted octanol–water partition coefficient (Wildman–Crippen LogP) is 1.96. The van der Waals surface area contributed by atoms with Crippen molar-refractivity contribution in [1.82, 2.24) is 14.8 Å². The molecule has 6 heteroatoms. The van der Waals surface area contributed by atoms with E-state index in [9.17, 15) is 9.59 Å². The summed E-state index contributed by atoms with van der Waals surface area (Å²) in [6.07, 6.45) is 1.73. The molecule has 1 aliphatic rings. The van der Waals surface area contributed by atoms with E-state index in [4.69, 9.17) is 4.74 Å². The van der Waals surface area contributed by atoms with E-state index >= 15 is 0 Å². The summed E-state index contributed by atoms with van der Waals surface area (Å²) in [4.78, 5) is 26.5. The van der Waals surface area contributed by atoms with Gasteiger partial charge >= 0.3 is 0 Å². The third-order valence-electron chi connectivity index (χ3n) is 4.47. The van der Waals surface area contributed by atoms with E-state index in [1.165, 1.54) is 10.6 Å². The molecule has 1 amide bonds. The Bertz CT molecular complexity index is 827. The van der Waals surface area contributed by atoms with Crippen molar-refractivity contribution in [2.45, 2.75) is 26.0 Å². The van der Waals surface area contributed by atoms with Gasteiger partial charge in [0.1, 0.15) is 5.75 Å². The van der Waals surface area contributed by atoms with Gasteiger partial charge in [-0.05, 0) is 37.6 Å². The normalized spacial score (nSPS) is 17.4. The second-order valence-electron chi connectivity index (χ2n) is 6.82. The van der Waals surface area contributed by atoms with Crippen molar-refractivity contribution < 1.29 is 9.53 Å². The maximum atomic E-state index is 13.0. The minimum Gasteiger partial charge on any atom is -0.491 e. The smallest absolute Gasteiger partial charge is 0.255 e. The number of carbonyl (C=O) groups excluding carboxylic acids is 1. The first kappa shape index (κ1) is 18.2. The monoisotopic (exact) mass is 355 g/mol. The van der Waals surface area contributed by atoms with E-state index in [1.54, 1.807) is 19.3 Å². The lowest BCUT2D eigenvalue weighted by atomic mass is 10.0. The van der Waals surface area contributed by atoms with Crippen LogP contribution in [0.4, 0.5) is 0 Å². The second kappa shape index (κ2) is 7.74. The standard InChI is InChI=1S/C20H25N3O3/c1-14(2)26-17-7-4-15(5-8-17)18-12-21-10-11-23(18)20(25)16-6-9-19(24)22(3)13-16/h4-9,13-14,18,21H,10-12H2,1-3H3. The molecule has 1 aromatic carbocycles. The van der Waals surface area contributed by atoms with E-state index in [0.717, 1.165) is 17.9 Å². The zero-order valence-electron chi connectivity index (χ0n) is 15.4. The van der Waals surface area contributed by atoms with Crippen molar-refractivity contribution in [1.29, 1.82) is 0 Å². The van der Waals surface area contributed by atoms with Crippen LogP contribution in [0.1, 0.15) is 35.8 Å². The number of carbonyl (C=O) groups is 1. The molecule has 1 unspecified atom stereocenters. The first-order chi connectivity index (χ1) is 12.5. The maximum Gasteiger partial charge on any atom is 0.255 e. The van der Waals surface area contributed by atoms with E-state index in [2.05, 4.69) is 5.32 Å². The van der Waals surface area contributed by atoms with Crippen molar-refractivity contribution in [3.8, 4) is 5.75 Å². The average molecular weight is 355 g/mol. The van der Waals surface area contributed by atoms with Crippen molar-refractivity contribution in [2.75, 3.05) is 19.6 Å². The van der Waals surface area contributed by atoms with Crippen LogP contribution in [0.5, 0.6) is 5.75 Å². The number of piperazine rings is 1. The van der Waals surface area contributed by atoms with Gasteiger partial charge < -0.3 is 19.5 Å². The van der Waals surface area contributed by atoms with E-state index in [1.807, 2.05) is 43.0 Å². The van der Waals surface area contributed by atoms with Crippen LogP contribution in [-0.4, -0.2) is 41.1 Å². The molecule has 138 valence electrons. The lowest BCUT2D eigenvalue weighted by Crippen LogP contribution is -2.48. The first-order valence-electron chi connectivity index (χ1n) is 8.90. The van der Waals surface area contributed by atoms with Crippen LogP contribution >= 0.6 is 0 Å². The second-order valence-corrected chi connectivity index (χ2v) is 6.82. The van der Waals surface area contributed by atoms with E-state index < -0.39 is 0 Å². The van der Waals surface area contributed by atoms with E-state index in [-0.39, 0.29) is 23.6 Å². The fraction of sp³-hybridized carbons (Fsp3) is 0.400. The van der Waals surface area contributed by atoms with Crippen LogP contribution in [0.2, 0.25) is 0 Å². The molecule has 3 rings (SSSR count). The highest BCUT2D eigenvalue weighted by Gasteiger charge is 2.28. The number of hydrogen-bond acceptors (Lipinski definition) is 4. The predicted molar refractivity (Wildman–Crippen MR) is 101 cm³/mol. The van der Waals surface area contributed by atoms with Gasteiger partial charge in [-0.3, -0.25) is 9.59 Å². The highest BCUT2D eigenvalue weighted by Crippen LogP contribution is 2.26. The van der Waals surface area contributed by atoms with Crippen LogP contribution in [0.3, 0.4) is 0 Å². The topological polar surface area (TPSA) is 63.6 Å². The fourth-order valence-electron chi connectivity index (χ4n) is 3.17. The van der Waals surface area contributed by atoms with Gasteiger partial charge in [-0.2, -0.15) is 0 Å².